The molecule has 0 aromatic heterocycles. The van der Waals surface area contributed by atoms with Crippen LogP contribution in [0.4, 0.5) is 0 Å². The molecule has 0 aliphatic heterocycles. The molecule has 1 aromatic carbocycles. The lowest BCUT2D eigenvalue weighted by atomic mass is 10.1. The number of methoxy groups -OCH3 is 1. The van der Waals surface area contributed by atoms with E-state index in [1.807, 2.05) is 25.1 Å². The van der Waals surface area contributed by atoms with Gasteiger partial charge in [0.2, 0.25) is 0 Å². The molecule has 1 aliphatic carbocycles. The van der Waals surface area contributed by atoms with E-state index in [2.05, 4.69) is 0 Å². The minimum Gasteiger partial charge on any atom is -0.469 e. The van der Waals surface area contributed by atoms with Crippen LogP contribution in [0.3, 0.4) is 0 Å². The van der Waals surface area contributed by atoms with E-state index in [0.717, 1.165) is 34.1 Å². The Balaban J connectivity index is 1.96. The smallest absolute Gasteiger partial charge is 0.306 e. The van der Waals surface area contributed by atoms with Crippen LogP contribution in [0, 0.1) is 5.41 Å². The van der Waals surface area contributed by atoms with Crippen LogP contribution in [0.2, 0.25) is 5.02 Å². The highest BCUT2D eigenvalue weighted by atomic mass is 35.5. The van der Waals surface area contributed by atoms with Crippen LogP contribution in [0.15, 0.2) is 23.1 Å². The Hall–Kier alpha value is -0.710. The van der Waals surface area contributed by atoms with E-state index in [1.54, 1.807) is 11.8 Å². The summed E-state index contributed by atoms with van der Waals surface area (Å²) in [6, 6.07) is 5.94. The van der Waals surface area contributed by atoms with E-state index in [-0.39, 0.29) is 17.4 Å². The SMILES string of the molecule is COC(=O)CC1(CSc2ccc(C(C)N)cc2Cl)CC1. The van der Waals surface area contributed by atoms with Crippen molar-refractivity contribution in [2.24, 2.45) is 11.1 Å². The molecule has 2 rings (SSSR count). The zero-order valence-electron chi connectivity index (χ0n) is 11.8. The topological polar surface area (TPSA) is 52.3 Å². The number of benzene rings is 1. The molecule has 0 spiro atoms. The predicted molar refractivity (Wildman–Crippen MR) is 83.1 cm³/mol. The molecular formula is C15H20ClNO2S. The lowest BCUT2D eigenvalue weighted by molar-refractivity contribution is -0.141. The molecule has 0 bridgehead atoms. The molecule has 3 nitrogen and oxygen atoms in total. The molecule has 5 heteroatoms. The fraction of sp³-hybridized carbons (Fsp3) is 0.533. The van der Waals surface area contributed by atoms with Gasteiger partial charge < -0.3 is 10.5 Å². The van der Waals surface area contributed by atoms with Gasteiger partial charge in [-0.15, -0.1) is 11.8 Å². The van der Waals surface area contributed by atoms with Crippen molar-refractivity contribution >= 4 is 29.3 Å². The number of rotatable bonds is 6. The molecule has 1 unspecified atom stereocenters. The average Bonchev–Trinajstić information content (AvgIpc) is 3.17. The van der Waals surface area contributed by atoms with Crippen molar-refractivity contribution in [3.05, 3.63) is 28.8 Å². The van der Waals surface area contributed by atoms with Crippen LogP contribution in [-0.4, -0.2) is 18.8 Å². The first-order valence-corrected chi connectivity index (χ1v) is 8.07. The normalized spacial score (nSPS) is 17.6. The summed E-state index contributed by atoms with van der Waals surface area (Å²) >= 11 is 8.00. The Bertz CT molecular complexity index is 501. The second-order valence-corrected chi connectivity index (χ2v) is 6.94. The summed E-state index contributed by atoms with van der Waals surface area (Å²) in [5.41, 5.74) is 6.99. The van der Waals surface area contributed by atoms with E-state index < -0.39 is 0 Å². The molecule has 1 saturated carbocycles. The maximum Gasteiger partial charge on any atom is 0.306 e. The highest BCUT2D eigenvalue weighted by Gasteiger charge is 2.44. The van der Waals surface area contributed by atoms with Crippen molar-refractivity contribution in [3.63, 3.8) is 0 Å². The fourth-order valence-electron chi connectivity index (χ4n) is 2.08. The summed E-state index contributed by atoms with van der Waals surface area (Å²) in [7, 11) is 1.44. The molecule has 0 amide bonds. The van der Waals surface area contributed by atoms with Gasteiger partial charge in [0.1, 0.15) is 0 Å². The van der Waals surface area contributed by atoms with Crippen molar-refractivity contribution in [1.82, 2.24) is 0 Å². The van der Waals surface area contributed by atoms with Gasteiger partial charge in [-0.1, -0.05) is 17.7 Å². The van der Waals surface area contributed by atoms with Gasteiger partial charge in [-0.25, -0.2) is 0 Å². The summed E-state index contributed by atoms with van der Waals surface area (Å²) in [6.07, 6.45) is 2.68. The van der Waals surface area contributed by atoms with Crippen molar-refractivity contribution in [3.8, 4) is 0 Å². The second kappa shape index (κ2) is 6.37. The number of hydrogen-bond acceptors (Lipinski definition) is 4. The first-order valence-electron chi connectivity index (χ1n) is 6.70. The summed E-state index contributed by atoms with van der Waals surface area (Å²) in [5.74, 6) is 0.779. The highest BCUT2D eigenvalue weighted by Crippen LogP contribution is 2.52. The number of carbonyl (C=O) groups is 1. The average molecular weight is 314 g/mol. The van der Waals surface area contributed by atoms with E-state index in [4.69, 9.17) is 22.1 Å². The number of thioether (sulfide) groups is 1. The Morgan fingerprint density at radius 1 is 1.55 bits per heavy atom. The molecular weight excluding hydrogens is 294 g/mol. The van der Waals surface area contributed by atoms with Gasteiger partial charge in [0.05, 0.1) is 18.6 Å². The fourth-order valence-corrected chi connectivity index (χ4v) is 3.64. The van der Waals surface area contributed by atoms with Gasteiger partial charge in [0.15, 0.2) is 0 Å². The monoisotopic (exact) mass is 313 g/mol. The third-order valence-electron chi connectivity index (χ3n) is 3.72. The maximum absolute atomic E-state index is 11.4. The number of hydrogen-bond donors (Lipinski definition) is 1. The van der Waals surface area contributed by atoms with Crippen LogP contribution in [0.25, 0.3) is 0 Å². The quantitative estimate of drug-likeness (QED) is 0.641. The zero-order valence-corrected chi connectivity index (χ0v) is 13.4. The first-order chi connectivity index (χ1) is 9.46. The van der Waals surface area contributed by atoms with Crippen molar-refractivity contribution in [1.29, 1.82) is 0 Å². The largest absolute Gasteiger partial charge is 0.469 e. The predicted octanol–water partition coefficient (Wildman–Crippen LogP) is 3.80. The minimum atomic E-state index is -0.124. The molecule has 1 aliphatic rings. The molecule has 0 heterocycles. The Morgan fingerprint density at radius 3 is 2.75 bits per heavy atom. The number of esters is 1. The van der Waals surface area contributed by atoms with Crippen LogP contribution in [-0.2, 0) is 9.53 Å². The van der Waals surface area contributed by atoms with Crippen LogP contribution < -0.4 is 5.73 Å². The summed E-state index contributed by atoms with van der Waals surface area (Å²) in [5, 5.41) is 0.735. The minimum absolute atomic E-state index is 0.0133. The van der Waals surface area contributed by atoms with Gasteiger partial charge in [-0.05, 0) is 42.9 Å². The Morgan fingerprint density at radius 2 is 2.25 bits per heavy atom. The molecule has 1 fully saturated rings. The summed E-state index contributed by atoms with van der Waals surface area (Å²) in [4.78, 5) is 12.4. The van der Waals surface area contributed by atoms with E-state index >= 15 is 0 Å². The number of halogens is 1. The second-order valence-electron chi connectivity index (χ2n) is 5.52. The van der Waals surface area contributed by atoms with Crippen molar-refractivity contribution < 1.29 is 9.53 Å². The number of carbonyl (C=O) groups excluding carboxylic acids is 1. The molecule has 1 aromatic rings. The lowest BCUT2D eigenvalue weighted by Gasteiger charge is -2.14. The lowest BCUT2D eigenvalue weighted by Crippen LogP contribution is -2.13. The van der Waals surface area contributed by atoms with Crippen LogP contribution >= 0.6 is 23.4 Å². The van der Waals surface area contributed by atoms with Gasteiger partial charge in [0.25, 0.3) is 0 Å². The third kappa shape index (κ3) is 3.90. The molecule has 110 valence electrons. The van der Waals surface area contributed by atoms with E-state index in [9.17, 15) is 4.79 Å². The summed E-state index contributed by atoms with van der Waals surface area (Å²) < 4.78 is 4.76. The van der Waals surface area contributed by atoms with Gasteiger partial charge in [0, 0.05) is 16.7 Å². The molecule has 2 N–H and O–H groups in total. The zero-order chi connectivity index (χ0) is 14.8. The van der Waals surface area contributed by atoms with Gasteiger partial charge >= 0.3 is 5.97 Å². The first kappa shape index (κ1) is 15.7. The summed E-state index contributed by atoms with van der Waals surface area (Å²) in [6.45, 7) is 1.94. The third-order valence-corrected chi connectivity index (χ3v) is 5.57. The standard InChI is InChI=1S/C15H20ClNO2S/c1-10(17)11-3-4-13(12(16)7-11)20-9-15(5-6-15)8-14(18)19-2/h3-4,7,10H,5-6,8-9,17H2,1-2H3. The van der Waals surface area contributed by atoms with Gasteiger partial charge in [-0.2, -0.15) is 0 Å². The molecule has 20 heavy (non-hydrogen) atoms. The van der Waals surface area contributed by atoms with E-state index in [0.29, 0.717) is 6.42 Å². The molecule has 1 atom stereocenters. The number of nitrogens with two attached hydrogens (primary N) is 1. The Labute approximate surface area is 129 Å². The highest BCUT2D eigenvalue weighted by molar-refractivity contribution is 7.99. The van der Waals surface area contributed by atoms with E-state index in [1.165, 1.54) is 7.11 Å². The van der Waals surface area contributed by atoms with Crippen LogP contribution in [0.1, 0.15) is 37.8 Å². The van der Waals surface area contributed by atoms with Crippen molar-refractivity contribution in [2.75, 3.05) is 12.9 Å². The van der Waals surface area contributed by atoms with Gasteiger partial charge in [-0.3, -0.25) is 4.79 Å². The molecule has 0 radical (unpaired) electrons. The van der Waals surface area contributed by atoms with Crippen molar-refractivity contribution in [2.45, 2.75) is 37.1 Å². The molecule has 0 saturated heterocycles. The maximum atomic E-state index is 11.4. The van der Waals surface area contributed by atoms with Crippen LogP contribution in [0.5, 0.6) is 0 Å². The Kier molecular flexibility index (Phi) is 4.99. The number of ether oxygens (including phenoxy) is 1.